The van der Waals surface area contributed by atoms with Gasteiger partial charge in [0.2, 0.25) is 0 Å². The predicted molar refractivity (Wildman–Crippen MR) is 128 cm³/mol. The Balaban J connectivity index is 1.89. The third-order valence-electron chi connectivity index (χ3n) is 5.28. The number of carbonyl (C=O) groups excluding carboxylic acids is 1. The van der Waals surface area contributed by atoms with Crippen LogP contribution in [-0.2, 0) is 6.54 Å². The zero-order chi connectivity index (χ0) is 21.5. The summed E-state index contributed by atoms with van der Waals surface area (Å²) in [5.41, 5.74) is 4.99. The number of Topliss-reactive ketones (excluding diaryl/α,β-unsaturated/α-hetero) is 1. The van der Waals surface area contributed by atoms with Crippen LogP contribution in [0.2, 0.25) is 0 Å². The van der Waals surface area contributed by atoms with E-state index in [1.807, 2.05) is 66.7 Å². The number of halogens is 1. The third-order valence-corrected chi connectivity index (χ3v) is 5.55. The van der Waals surface area contributed by atoms with Gasteiger partial charge in [-0.3, -0.25) is 4.79 Å². The molecule has 156 valence electrons. The number of aromatic nitrogens is 2. The maximum Gasteiger partial charge on any atom is 0.198 e. The molecule has 0 radical (unpaired) electrons. The molecule has 0 atom stereocenters. The highest BCUT2D eigenvalue weighted by atomic mass is 35.5. The van der Waals surface area contributed by atoms with Gasteiger partial charge in [-0.1, -0.05) is 91.0 Å². The molecule has 4 heteroatoms. The second-order valence-electron chi connectivity index (χ2n) is 7.51. The molecule has 4 rings (SSSR count). The average molecular weight is 429 g/mol. The molecule has 0 amide bonds. The summed E-state index contributed by atoms with van der Waals surface area (Å²) < 4.78 is 2.08. The van der Waals surface area contributed by atoms with Crippen molar-refractivity contribution in [2.75, 3.05) is 5.88 Å². The van der Waals surface area contributed by atoms with E-state index in [9.17, 15) is 4.79 Å². The highest BCUT2D eigenvalue weighted by Crippen LogP contribution is 2.34. The molecule has 0 saturated heterocycles. The highest BCUT2D eigenvalue weighted by molar-refractivity contribution is 6.17. The lowest BCUT2D eigenvalue weighted by molar-refractivity contribution is 0.0966. The number of carbonyl (C=O) groups is 1. The summed E-state index contributed by atoms with van der Waals surface area (Å²) in [5.74, 6) is 1.13. The summed E-state index contributed by atoms with van der Waals surface area (Å²) in [6, 6.07) is 30.5. The first kappa shape index (κ1) is 21.1. The first-order valence-electron chi connectivity index (χ1n) is 10.6. The van der Waals surface area contributed by atoms with Gasteiger partial charge in [-0.2, -0.15) is 0 Å². The first-order chi connectivity index (χ1) is 15.3. The quantitative estimate of drug-likeness (QED) is 0.166. The van der Waals surface area contributed by atoms with Crippen molar-refractivity contribution in [3.63, 3.8) is 0 Å². The number of nitrogens with zero attached hydrogens (tertiary/aromatic N) is 2. The molecule has 31 heavy (non-hydrogen) atoms. The predicted octanol–water partition coefficient (Wildman–Crippen LogP) is 6.86. The average Bonchev–Trinajstić information content (AvgIpc) is 3.20. The van der Waals surface area contributed by atoms with E-state index in [1.54, 1.807) is 0 Å². The van der Waals surface area contributed by atoms with E-state index in [0.717, 1.165) is 40.9 Å². The van der Waals surface area contributed by atoms with Gasteiger partial charge < -0.3 is 4.57 Å². The van der Waals surface area contributed by atoms with E-state index in [2.05, 4.69) is 28.8 Å². The van der Waals surface area contributed by atoms with Gasteiger partial charge in [0, 0.05) is 30.0 Å². The van der Waals surface area contributed by atoms with E-state index in [0.29, 0.717) is 24.7 Å². The Kier molecular flexibility index (Phi) is 6.96. The second kappa shape index (κ2) is 10.2. The van der Waals surface area contributed by atoms with E-state index in [4.69, 9.17) is 16.6 Å². The van der Waals surface area contributed by atoms with Crippen molar-refractivity contribution in [3.05, 3.63) is 102 Å². The summed E-state index contributed by atoms with van der Waals surface area (Å²) in [4.78, 5) is 18.1. The minimum absolute atomic E-state index is 0.0559. The minimum atomic E-state index is 0.0559. The van der Waals surface area contributed by atoms with Crippen LogP contribution in [0, 0.1) is 0 Å². The Labute approximate surface area is 188 Å². The Morgan fingerprint density at radius 2 is 1.35 bits per heavy atom. The number of rotatable bonds is 9. The van der Waals surface area contributed by atoms with Gasteiger partial charge in [0.1, 0.15) is 0 Å². The Hall–Kier alpha value is -3.17. The summed E-state index contributed by atoms with van der Waals surface area (Å²) >= 11 is 5.83. The molecule has 3 nitrogen and oxygen atoms in total. The number of hydrogen-bond acceptors (Lipinski definition) is 2. The summed E-state index contributed by atoms with van der Waals surface area (Å²) in [6.45, 7) is 0.585. The van der Waals surface area contributed by atoms with Crippen molar-refractivity contribution in [3.8, 4) is 22.5 Å². The maximum absolute atomic E-state index is 13.2. The van der Waals surface area contributed by atoms with E-state index in [1.165, 1.54) is 0 Å². The standard InChI is InChI=1S/C27H25ClN2O/c28-19-11-10-18-24(31)27-29-25(22-14-6-2-7-15-22)26(23-16-8-3-9-17-23)30(27)20-21-12-4-1-5-13-21/h1-9,12-17H,10-11,18-20H2. The fourth-order valence-electron chi connectivity index (χ4n) is 3.76. The number of ketones is 1. The van der Waals surface area contributed by atoms with Crippen LogP contribution in [0.1, 0.15) is 35.4 Å². The second-order valence-corrected chi connectivity index (χ2v) is 7.88. The van der Waals surface area contributed by atoms with Crippen LogP contribution in [0.5, 0.6) is 0 Å². The lowest BCUT2D eigenvalue weighted by Crippen LogP contribution is -2.12. The first-order valence-corrected chi connectivity index (χ1v) is 11.2. The van der Waals surface area contributed by atoms with E-state index >= 15 is 0 Å². The largest absolute Gasteiger partial charge is 0.316 e. The van der Waals surface area contributed by atoms with Crippen molar-refractivity contribution in [2.45, 2.75) is 25.8 Å². The van der Waals surface area contributed by atoms with Gasteiger partial charge in [0.15, 0.2) is 11.6 Å². The molecule has 0 aliphatic heterocycles. The molecule has 1 heterocycles. The van der Waals surface area contributed by atoms with Gasteiger partial charge in [0.25, 0.3) is 0 Å². The minimum Gasteiger partial charge on any atom is -0.316 e. The fourth-order valence-corrected chi connectivity index (χ4v) is 3.95. The molecule has 4 aromatic rings. The van der Waals surface area contributed by atoms with Crippen LogP contribution in [0.25, 0.3) is 22.5 Å². The van der Waals surface area contributed by atoms with Crippen LogP contribution in [0.15, 0.2) is 91.0 Å². The van der Waals surface area contributed by atoms with Crippen LogP contribution in [-0.4, -0.2) is 21.2 Å². The number of alkyl halides is 1. The molecule has 0 unspecified atom stereocenters. The van der Waals surface area contributed by atoms with Crippen molar-refractivity contribution < 1.29 is 4.79 Å². The monoisotopic (exact) mass is 428 g/mol. The summed E-state index contributed by atoms with van der Waals surface area (Å²) in [6.07, 6.45) is 2.03. The Morgan fingerprint density at radius 3 is 1.97 bits per heavy atom. The molecule has 0 bridgehead atoms. The maximum atomic E-state index is 13.2. The fraction of sp³-hybridized carbons (Fsp3) is 0.185. The molecule has 0 aliphatic carbocycles. The highest BCUT2D eigenvalue weighted by Gasteiger charge is 2.24. The van der Waals surface area contributed by atoms with Crippen molar-refractivity contribution in [1.82, 2.24) is 9.55 Å². The topological polar surface area (TPSA) is 34.9 Å². The van der Waals surface area contributed by atoms with Crippen LogP contribution in [0.4, 0.5) is 0 Å². The van der Waals surface area contributed by atoms with E-state index < -0.39 is 0 Å². The number of hydrogen-bond donors (Lipinski definition) is 0. The Morgan fingerprint density at radius 1 is 0.774 bits per heavy atom. The van der Waals surface area contributed by atoms with Gasteiger partial charge in [-0.15, -0.1) is 11.6 Å². The molecule has 0 fully saturated rings. The molecule has 0 spiro atoms. The smallest absolute Gasteiger partial charge is 0.198 e. The van der Waals surface area contributed by atoms with Crippen molar-refractivity contribution >= 4 is 17.4 Å². The van der Waals surface area contributed by atoms with Crippen LogP contribution in [0.3, 0.4) is 0 Å². The van der Waals surface area contributed by atoms with E-state index in [-0.39, 0.29) is 5.78 Å². The van der Waals surface area contributed by atoms with Gasteiger partial charge >= 0.3 is 0 Å². The van der Waals surface area contributed by atoms with Crippen molar-refractivity contribution in [2.24, 2.45) is 0 Å². The van der Waals surface area contributed by atoms with Gasteiger partial charge in [-0.05, 0) is 18.4 Å². The number of imidazole rings is 1. The molecule has 0 saturated carbocycles. The SMILES string of the molecule is O=C(CCCCCl)c1nc(-c2ccccc2)c(-c2ccccc2)n1Cc1ccccc1. The number of benzene rings is 3. The normalized spacial score (nSPS) is 10.9. The zero-order valence-electron chi connectivity index (χ0n) is 17.4. The van der Waals surface area contributed by atoms with Gasteiger partial charge in [0.05, 0.1) is 11.4 Å². The molecule has 3 aromatic carbocycles. The molecule has 1 aromatic heterocycles. The lowest BCUT2D eigenvalue weighted by atomic mass is 10.0. The van der Waals surface area contributed by atoms with Crippen molar-refractivity contribution in [1.29, 1.82) is 0 Å². The third kappa shape index (κ3) is 4.95. The van der Waals surface area contributed by atoms with Crippen LogP contribution < -0.4 is 0 Å². The molecular formula is C27H25ClN2O. The molecule has 0 N–H and O–H groups in total. The summed E-state index contributed by atoms with van der Waals surface area (Å²) in [7, 11) is 0. The molecule has 0 aliphatic rings. The van der Waals surface area contributed by atoms with Crippen LogP contribution >= 0.6 is 11.6 Å². The summed E-state index contributed by atoms with van der Waals surface area (Å²) in [5, 5.41) is 0. The zero-order valence-corrected chi connectivity index (χ0v) is 18.1. The van der Waals surface area contributed by atoms with Gasteiger partial charge in [-0.25, -0.2) is 4.98 Å². The lowest BCUT2D eigenvalue weighted by Gasteiger charge is -2.13. The number of unbranched alkanes of at least 4 members (excludes halogenated alkanes) is 1. The Bertz CT molecular complexity index is 1120. The molecular weight excluding hydrogens is 404 g/mol.